The summed E-state index contributed by atoms with van der Waals surface area (Å²) < 4.78 is 18.2. The molecule has 1 saturated heterocycles. The second-order valence-electron chi connectivity index (χ2n) is 6.53. The van der Waals surface area contributed by atoms with Crippen molar-refractivity contribution in [3.8, 4) is 5.75 Å². The molecule has 1 fully saturated rings. The van der Waals surface area contributed by atoms with Crippen LogP contribution in [0.4, 0.5) is 0 Å². The van der Waals surface area contributed by atoms with E-state index in [1.807, 2.05) is 36.4 Å². The van der Waals surface area contributed by atoms with Crippen LogP contribution in [0.3, 0.4) is 0 Å². The molecule has 0 atom stereocenters. The van der Waals surface area contributed by atoms with Crippen LogP contribution in [-0.2, 0) is 20.9 Å². The first kappa shape index (κ1) is 22.2. The van der Waals surface area contributed by atoms with Gasteiger partial charge in [-0.15, -0.1) is 0 Å². The van der Waals surface area contributed by atoms with Crippen molar-refractivity contribution in [2.45, 2.75) is 25.7 Å². The van der Waals surface area contributed by atoms with E-state index >= 15 is 0 Å². The normalized spacial score (nSPS) is 15.6. The van der Waals surface area contributed by atoms with Crippen LogP contribution in [0.15, 0.2) is 50.4 Å². The third-order valence-electron chi connectivity index (χ3n) is 4.10. The Labute approximate surface area is 190 Å². The highest BCUT2D eigenvalue weighted by atomic mass is 79.9. The van der Waals surface area contributed by atoms with Gasteiger partial charge in [0.25, 0.3) is 0 Å². The van der Waals surface area contributed by atoms with Crippen LogP contribution in [0.2, 0.25) is 5.02 Å². The van der Waals surface area contributed by atoms with Crippen LogP contribution in [0, 0.1) is 0 Å². The van der Waals surface area contributed by atoms with Crippen molar-refractivity contribution in [3.05, 3.63) is 61.5 Å². The lowest BCUT2D eigenvalue weighted by Gasteiger charge is -2.20. The highest BCUT2D eigenvalue weighted by Gasteiger charge is 2.33. The molecular weight excluding hydrogens is 527 g/mol. The Bertz CT molecular complexity index is 877. The largest absolute Gasteiger partial charge is 0.487 e. The minimum Gasteiger partial charge on any atom is -0.487 e. The van der Waals surface area contributed by atoms with Crippen LogP contribution >= 0.6 is 43.5 Å². The molecule has 2 aromatic rings. The molecule has 1 amide bonds. The van der Waals surface area contributed by atoms with Gasteiger partial charge in [-0.25, -0.2) is 5.43 Å². The molecule has 0 unspecified atom stereocenters. The smallest absolute Gasteiger partial charge is 0.245 e. The van der Waals surface area contributed by atoms with E-state index in [1.165, 1.54) is 0 Å². The molecule has 2 aromatic carbocycles. The zero-order valence-electron chi connectivity index (χ0n) is 15.6. The van der Waals surface area contributed by atoms with E-state index in [-0.39, 0.29) is 12.3 Å². The monoisotopic (exact) mass is 544 g/mol. The molecule has 1 heterocycles. The summed E-state index contributed by atoms with van der Waals surface area (Å²) in [5, 5.41) is 4.68. The number of amides is 1. The fourth-order valence-corrected chi connectivity index (χ4v) is 4.27. The number of carbonyl (C=O) groups is 1. The van der Waals surface area contributed by atoms with E-state index in [4.69, 9.17) is 25.8 Å². The minimum atomic E-state index is -0.880. The quantitative estimate of drug-likeness (QED) is 0.390. The van der Waals surface area contributed by atoms with Gasteiger partial charge in [-0.2, -0.15) is 5.10 Å². The third-order valence-corrected chi connectivity index (χ3v) is 5.53. The average Bonchev–Trinajstić information content (AvgIpc) is 3.08. The molecule has 154 valence electrons. The zero-order chi connectivity index (χ0) is 20.9. The lowest BCUT2D eigenvalue weighted by atomic mass is 10.2. The maximum atomic E-state index is 12.0. The standard InChI is InChI=1S/C20H19Br2ClN2O4/c1-20(28-6-7-29-20)10-18(26)25-24-11-14-8-16(21)19(17(22)9-14)27-12-13-2-4-15(23)5-3-13/h2-5,8-9,11H,6-7,10,12H2,1H3,(H,25,26). The summed E-state index contributed by atoms with van der Waals surface area (Å²) in [5.41, 5.74) is 4.27. The van der Waals surface area contributed by atoms with Gasteiger partial charge in [-0.3, -0.25) is 4.79 Å². The lowest BCUT2D eigenvalue weighted by molar-refractivity contribution is -0.159. The maximum absolute atomic E-state index is 12.0. The average molecular weight is 547 g/mol. The molecule has 1 aliphatic heterocycles. The summed E-state index contributed by atoms with van der Waals surface area (Å²) in [5.74, 6) is -0.495. The third kappa shape index (κ3) is 6.52. The minimum absolute atomic E-state index is 0.0786. The predicted molar refractivity (Wildman–Crippen MR) is 118 cm³/mol. The molecule has 29 heavy (non-hydrogen) atoms. The van der Waals surface area contributed by atoms with Crippen LogP contribution in [0.1, 0.15) is 24.5 Å². The Morgan fingerprint density at radius 1 is 1.24 bits per heavy atom. The van der Waals surface area contributed by atoms with E-state index in [0.29, 0.717) is 30.6 Å². The van der Waals surface area contributed by atoms with E-state index in [0.717, 1.165) is 20.1 Å². The van der Waals surface area contributed by atoms with Gasteiger partial charge < -0.3 is 14.2 Å². The summed E-state index contributed by atoms with van der Waals surface area (Å²) in [6.07, 6.45) is 1.63. The molecule has 0 radical (unpaired) electrons. The first-order valence-corrected chi connectivity index (χ1v) is 10.8. The Kier molecular flexibility index (Phi) is 7.70. The van der Waals surface area contributed by atoms with E-state index in [2.05, 4.69) is 42.4 Å². The lowest BCUT2D eigenvalue weighted by Crippen LogP contribution is -2.33. The van der Waals surface area contributed by atoms with Crippen molar-refractivity contribution in [1.29, 1.82) is 0 Å². The molecule has 6 nitrogen and oxygen atoms in total. The van der Waals surface area contributed by atoms with E-state index in [9.17, 15) is 4.79 Å². The molecule has 0 saturated carbocycles. The van der Waals surface area contributed by atoms with E-state index < -0.39 is 5.79 Å². The first-order valence-electron chi connectivity index (χ1n) is 8.81. The number of hydrazone groups is 1. The molecule has 0 aromatic heterocycles. The Hall–Kier alpha value is -1.45. The molecule has 0 bridgehead atoms. The number of benzene rings is 2. The van der Waals surface area contributed by atoms with Crippen molar-refractivity contribution in [1.82, 2.24) is 5.43 Å². The summed E-state index contributed by atoms with van der Waals surface area (Å²) in [7, 11) is 0. The van der Waals surface area contributed by atoms with Gasteiger partial charge in [0.1, 0.15) is 12.4 Å². The second-order valence-corrected chi connectivity index (χ2v) is 8.67. The first-order chi connectivity index (χ1) is 13.8. The van der Waals surface area contributed by atoms with Crippen molar-refractivity contribution < 1.29 is 19.0 Å². The van der Waals surface area contributed by atoms with Crippen LogP contribution < -0.4 is 10.2 Å². The number of ether oxygens (including phenoxy) is 3. The summed E-state index contributed by atoms with van der Waals surface area (Å²) in [6, 6.07) is 11.2. The van der Waals surface area contributed by atoms with Crippen molar-refractivity contribution in [2.24, 2.45) is 5.10 Å². The van der Waals surface area contributed by atoms with Crippen LogP contribution in [0.25, 0.3) is 0 Å². The summed E-state index contributed by atoms with van der Waals surface area (Å²) in [4.78, 5) is 12.0. The molecule has 3 rings (SSSR count). The van der Waals surface area contributed by atoms with Gasteiger partial charge in [0.05, 0.1) is 34.8 Å². The highest BCUT2D eigenvalue weighted by molar-refractivity contribution is 9.11. The van der Waals surface area contributed by atoms with E-state index in [1.54, 1.807) is 13.1 Å². The predicted octanol–water partition coefficient (Wildman–Crippen LogP) is 5.05. The number of rotatable bonds is 7. The Morgan fingerprint density at radius 3 is 2.48 bits per heavy atom. The fourth-order valence-electron chi connectivity index (χ4n) is 2.70. The zero-order valence-corrected chi connectivity index (χ0v) is 19.5. The topological polar surface area (TPSA) is 69.2 Å². The molecule has 0 aliphatic carbocycles. The molecule has 9 heteroatoms. The molecular formula is C20H19Br2ClN2O4. The van der Waals surface area contributed by atoms with Gasteiger partial charge >= 0.3 is 0 Å². The number of nitrogens with one attached hydrogen (secondary N) is 1. The van der Waals surface area contributed by atoms with Gasteiger partial charge in [0.2, 0.25) is 5.91 Å². The second kappa shape index (κ2) is 10.0. The number of halogens is 3. The number of hydrogen-bond donors (Lipinski definition) is 1. The fraction of sp³-hybridized carbons (Fsp3) is 0.300. The Morgan fingerprint density at radius 2 is 1.86 bits per heavy atom. The van der Waals surface area contributed by atoms with Gasteiger partial charge in [0, 0.05) is 5.02 Å². The van der Waals surface area contributed by atoms with Gasteiger partial charge in [-0.05, 0) is 74.2 Å². The van der Waals surface area contributed by atoms with Gasteiger partial charge in [0.15, 0.2) is 5.79 Å². The maximum Gasteiger partial charge on any atom is 0.245 e. The highest BCUT2D eigenvalue weighted by Crippen LogP contribution is 2.35. The molecule has 1 N–H and O–H groups in total. The van der Waals surface area contributed by atoms with Crippen LogP contribution in [-0.4, -0.2) is 31.1 Å². The number of hydrogen-bond acceptors (Lipinski definition) is 5. The van der Waals surface area contributed by atoms with Crippen LogP contribution in [0.5, 0.6) is 5.75 Å². The summed E-state index contributed by atoms with van der Waals surface area (Å²) in [6.45, 7) is 3.12. The Balaban J connectivity index is 1.57. The molecule has 0 spiro atoms. The summed E-state index contributed by atoms with van der Waals surface area (Å²) >= 11 is 12.9. The molecule has 1 aliphatic rings. The number of nitrogens with zero attached hydrogens (tertiary/aromatic N) is 1. The SMILES string of the molecule is CC1(CC(=O)NN=Cc2cc(Br)c(OCc3ccc(Cl)cc3)c(Br)c2)OCCO1. The number of carbonyl (C=O) groups excluding carboxylic acids is 1. The van der Waals surface area contributed by atoms with Crippen molar-refractivity contribution in [3.63, 3.8) is 0 Å². The van der Waals surface area contributed by atoms with Crippen molar-refractivity contribution in [2.75, 3.05) is 13.2 Å². The van der Waals surface area contributed by atoms with Crippen molar-refractivity contribution >= 4 is 55.6 Å². The van der Waals surface area contributed by atoms with Gasteiger partial charge in [-0.1, -0.05) is 23.7 Å².